The lowest BCUT2D eigenvalue weighted by molar-refractivity contribution is -0.144. The number of aliphatic carboxylic acids is 1. The number of carbonyl (C=O) groups excluding carboxylic acids is 1. The molecule has 0 atom stereocenters. The third-order valence-corrected chi connectivity index (χ3v) is 3.27. The molecule has 0 unspecified atom stereocenters. The molecule has 1 aliphatic rings. The summed E-state index contributed by atoms with van der Waals surface area (Å²) in [7, 11) is 1.73. The highest BCUT2D eigenvalue weighted by molar-refractivity contribution is 5.86. The number of hydrogen-bond donors (Lipinski definition) is 3. The monoisotopic (exact) mass is 267 g/mol. The number of hydrogen-bond acceptors (Lipinski definition) is 4. The summed E-state index contributed by atoms with van der Waals surface area (Å²) in [5.41, 5.74) is -1.12. The Morgan fingerprint density at radius 1 is 1.47 bits per heavy atom. The van der Waals surface area contributed by atoms with Crippen LogP contribution >= 0.6 is 0 Å². The minimum Gasteiger partial charge on any atom is -0.480 e. The van der Waals surface area contributed by atoms with Crippen molar-refractivity contribution in [3.8, 4) is 0 Å². The van der Waals surface area contributed by atoms with E-state index in [4.69, 9.17) is 0 Å². The van der Waals surface area contributed by atoms with Crippen molar-refractivity contribution in [1.82, 2.24) is 25.4 Å². The van der Waals surface area contributed by atoms with Gasteiger partial charge in [-0.1, -0.05) is 12.8 Å². The summed E-state index contributed by atoms with van der Waals surface area (Å²) in [6.45, 7) is 0.169. The van der Waals surface area contributed by atoms with Gasteiger partial charge in [0, 0.05) is 7.05 Å². The van der Waals surface area contributed by atoms with Crippen molar-refractivity contribution in [3.05, 3.63) is 12.2 Å². The summed E-state index contributed by atoms with van der Waals surface area (Å²) in [4.78, 5) is 27.0. The van der Waals surface area contributed by atoms with E-state index in [1.54, 1.807) is 7.05 Å². The van der Waals surface area contributed by atoms with Gasteiger partial charge in [-0.05, 0) is 12.8 Å². The van der Waals surface area contributed by atoms with E-state index in [0.29, 0.717) is 18.7 Å². The molecule has 1 heterocycles. The molecule has 1 saturated carbocycles. The molecule has 19 heavy (non-hydrogen) atoms. The van der Waals surface area contributed by atoms with E-state index in [2.05, 4.69) is 20.7 Å². The summed E-state index contributed by atoms with van der Waals surface area (Å²) in [6.07, 6.45) is 4.10. The molecule has 2 rings (SSSR count). The van der Waals surface area contributed by atoms with Gasteiger partial charge in [0.25, 0.3) is 0 Å². The molecule has 1 aromatic rings. The number of amides is 2. The molecule has 2 amide bonds. The molecule has 0 aliphatic heterocycles. The topological polar surface area (TPSA) is 109 Å². The van der Waals surface area contributed by atoms with Gasteiger partial charge >= 0.3 is 12.0 Å². The van der Waals surface area contributed by atoms with Crippen LogP contribution in [-0.2, 0) is 18.4 Å². The zero-order valence-corrected chi connectivity index (χ0v) is 10.7. The van der Waals surface area contributed by atoms with Crippen LogP contribution in [0, 0.1) is 0 Å². The number of rotatable bonds is 4. The lowest BCUT2D eigenvalue weighted by Crippen LogP contribution is -2.55. The maximum Gasteiger partial charge on any atom is 0.329 e. The zero-order chi connectivity index (χ0) is 13.9. The average molecular weight is 267 g/mol. The fourth-order valence-corrected chi connectivity index (χ4v) is 2.26. The standard InChI is InChI=1S/C11H17N5O3/c1-16-7-13-8(15-16)6-12-10(19)14-11(9(17)18)4-2-3-5-11/h7H,2-6H2,1H3,(H,17,18)(H2,12,14,19). The van der Waals surface area contributed by atoms with Crippen molar-refractivity contribution < 1.29 is 14.7 Å². The summed E-state index contributed by atoms with van der Waals surface area (Å²) >= 11 is 0. The summed E-state index contributed by atoms with van der Waals surface area (Å²) in [5.74, 6) is -0.496. The smallest absolute Gasteiger partial charge is 0.329 e. The van der Waals surface area contributed by atoms with Gasteiger partial charge in [-0.25, -0.2) is 14.6 Å². The normalized spacial score (nSPS) is 17.1. The van der Waals surface area contributed by atoms with Gasteiger partial charge in [-0.2, -0.15) is 5.10 Å². The molecular weight excluding hydrogens is 250 g/mol. The van der Waals surface area contributed by atoms with Gasteiger partial charge in [0.05, 0.1) is 6.54 Å². The van der Waals surface area contributed by atoms with Crippen molar-refractivity contribution in [3.63, 3.8) is 0 Å². The largest absolute Gasteiger partial charge is 0.480 e. The fourth-order valence-electron chi connectivity index (χ4n) is 2.26. The minimum absolute atomic E-state index is 0.169. The maximum atomic E-state index is 11.7. The highest BCUT2D eigenvalue weighted by atomic mass is 16.4. The Kier molecular flexibility index (Phi) is 3.68. The molecular formula is C11H17N5O3. The van der Waals surface area contributed by atoms with Crippen LogP contribution in [0.3, 0.4) is 0 Å². The highest BCUT2D eigenvalue weighted by Gasteiger charge is 2.42. The van der Waals surface area contributed by atoms with Crippen molar-refractivity contribution in [2.45, 2.75) is 37.8 Å². The number of aromatic nitrogens is 3. The molecule has 1 aliphatic carbocycles. The van der Waals surface area contributed by atoms with Crippen LogP contribution in [0.1, 0.15) is 31.5 Å². The van der Waals surface area contributed by atoms with Gasteiger partial charge in [-0.3, -0.25) is 4.68 Å². The summed E-state index contributed by atoms with van der Waals surface area (Å²) < 4.78 is 1.53. The van der Waals surface area contributed by atoms with Gasteiger partial charge in [0.1, 0.15) is 11.9 Å². The van der Waals surface area contributed by atoms with Crippen LogP contribution in [0.2, 0.25) is 0 Å². The first-order valence-corrected chi connectivity index (χ1v) is 6.16. The molecule has 1 aromatic heterocycles. The number of carbonyl (C=O) groups is 2. The first kappa shape index (κ1) is 13.3. The summed E-state index contributed by atoms with van der Waals surface area (Å²) in [6, 6.07) is -0.503. The Hall–Kier alpha value is -2.12. The Bertz CT molecular complexity index is 478. The molecule has 0 aromatic carbocycles. The number of nitrogens with zero attached hydrogens (tertiary/aromatic N) is 3. The average Bonchev–Trinajstić information content (AvgIpc) is 2.97. The van der Waals surface area contributed by atoms with Gasteiger partial charge in [0.2, 0.25) is 0 Å². The molecule has 8 heteroatoms. The number of nitrogens with one attached hydrogen (secondary N) is 2. The predicted molar refractivity (Wildman–Crippen MR) is 65.2 cm³/mol. The lowest BCUT2D eigenvalue weighted by Gasteiger charge is -2.25. The number of aryl methyl sites for hydroxylation is 1. The second-order valence-electron chi connectivity index (χ2n) is 4.74. The van der Waals surface area contributed by atoms with E-state index in [9.17, 15) is 14.7 Å². The van der Waals surface area contributed by atoms with Crippen LogP contribution in [0.5, 0.6) is 0 Å². The Morgan fingerprint density at radius 3 is 2.68 bits per heavy atom. The maximum absolute atomic E-state index is 11.7. The van der Waals surface area contributed by atoms with E-state index in [-0.39, 0.29) is 6.54 Å². The second kappa shape index (κ2) is 5.25. The third-order valence-electron chi connectivity index (χ3n) is 3.27. The SMILES string of the molecule is Cn1cnc(CNC(=O)NC2(C(=O)O)CCCC2)n1. The number of urea groups is 1. The Morgan fingerprint density at radius 2 is 2.16 bits per heavy atom. The Labute approximate surface area is 110 Å². The van der Waals surface area contributed by atoms with Crippen LogP contribution in [0.25, 0.3) is 0 Å². The first-order valence-electron chi connectivity index (χ1n) is 6.16. The van der Waals surface area contributed by atoms with Crippen molar-refractivity contribution >= 4 is 12.0 Å². The highest BCUT2D eigenvalue weighted by Crippen LogP contribution is 2.29. The number of carboxylic acids is 1. The van der Waals surface area contributed by atoms with Crippen molar-refractivity contribution in [2.24, 2.45) is 7.05 Å². The molecule has 0 radical (unpaired) electrons. The summed E-state index contributed by atoms with van der Waals surface area (Å²) in [5, 5.41) is 18.4. The van der Waals surface area contributed by atoms with E-state index < -0.39 is 17.5 Å². The van der Waals surface area contributed by atoms with Crippen LogP contribution in [0.15, 0.2) is 6.33 Å². The molecule has 1 fully saturated rings. The molecule has 0 saturated heterocycles. The van der Waals surface area contributed by atoms with Crippen molar-refractivity contribution in [2.75, 3.05) is 0 Å². The predicted octanol–water partition coefficient (Wildman–Crippen LogP) is 0.0117. The van der Waals surface area contributed by atoms with E-state index >= 15 is 0 Å². The number of carboxylic acid groups (broad SMARTS) is 1. The zero-order valence-electron chi connectivity index (χ0n) is 10.7. The minimum atomic E-state index is -1.12. The van der Waals surface area contributed by atoms with E-state index in [0.717, 1.165) is 12.8 Å². The van der Waals surface area contributed by atoms with Gasteiger partial charge in [0.15, 0.2) is 5.82 Å². The van der Waals surface area contributed by atoms with E-state index in [1.807, 2.05) is 0 Å². The quantitative estimate of drug-likeness (QED) is 0.712. The van der Waals surface area contributed by atoms with Crippen LogP contribution in [-0.4, -0.2) is 37.4 Å². The molecule has 0 bridgehead atoms. The molecule has 104 valence electrons. The molecule has 3 N–H and O–H groups in total. The van der Waals surface area contributed by atoms with Crippen molar-refractivity contribution in [1.29, 1.82) is 0 Å². The Balaban J connectivity index is 1.88. The van der Waals surface area contributed by atoms with Crippen LogP contribution < -0.4 is 10.6 Å². The molecule has 8 nitrogen and oxygen atoms in total. The fraction of sp³-hybridized carbons (Fsp3) is 0.636. The molecule has 0 spiro atoms. The lowest BCUT2D eigenvalue weighted by atomic mass is 9.98. The van der Waals surface area contributed by atoms with Gasteiger partial charge < -0.3 is 15.7 Å². The van der Waals surface area contributed by atoms with Gasteiger partial charge in [-0.15, -0.1) is 0 Å². The van der Waals surface area contributed by atoms with E-state index in [1.165, 1.54) is 11.0 Å². The third kappa shape index (κ3) is 3.01. The van der Waals surface area contributed by atoms with Crippen LogP contribution in [0.4, 0.5) is 4.79 Å². The second-order valence-corrected chi connectivity index (χ2v) is 4.74. The first-order chi connectivity index (χ1) is 9.02.